The number of fused-ring (bicyclic) bond motifs is 1. The Bertz CT molecular complexity index is 699. The van der Waals surface area contributed by atoms with Gasteiger partial charge in [0.15, 0.2) is 0 Å². The zero-order valence-electron chi connectivity index (χ0n) is 12.4. The van der Waals surface area contributed by atoms with Crippen LogP contribution >= 0.6 is 23.4 Å². The summed E-state index contributed by atoms with van der Waals surface area (Å²) >= 11 is 7.50. The summed E-state index contributed by atoms with van der Waals surface area (Å²) in [7, 11) is 0. The number of halogens is 1. The van der Waals surface area contributed by atoms with Gasteiger partial charge in [0.1, 0.15) is 5.82 Å². The molecule has 22 heavy (non-hydrogen) atoms. The van der Waals surface area contributed by atoms with Crippen molar-refractivity contribution >= 4 is 35.1 Å². The van der Waals surface area contributed by atoms with Crippen LogP contribution in [0.1, 0.15) is 29.7 Å². The topological polar surface area (TPSA) is 46.9 Å². The number of thioether (sulfide) groups is 1. The molecule has 3 rings (SSSR count). The van der Waals surface area contributed by atoms with E-state index in [-0.39, 0.29) is 5.91 Å². The van der Waals surface area contributed by atoms with E-state index in [1.165, 1.54) is 0 Å². The fourth-order valence-corrected chi connectivity index (χ4v) is 3.71. The van der Waals surface area contributed by atoms with E-state index in [4.69, 9.17) is 16.7 Å². The van der Waals surface area contributed by atoms with Crippen LogP contribution in [0.4, 0.5) is 5.82 Å². The van der Waals surface area contributed by atoms with Gasteiger partial charge in [-0.2, -0.15) is 16.9 Å². The standard InChI is InChI=1S/C16H18ClN3OS/c1-11-5-2-3-6-14(11)20-16(18-15(21)7-4-8-17)12-9-22-10-13(12)19-20/h2-3,5-6H,4,7-10H2,1H3,(H,18,21). The van der Waals surface area contributed by atoms with Crippen LogP contribution in [0, 0.1) is 6.92 Å². The van der Waals surface area contributed by atoms with E-state index < -0.39 is 0 Å². The Labute approximate surface area is 139 Å². The summed E-state index contributed by atoms with van der Waals surface area (Å²) in [5.41, 5.74) is 4.36. The molecule has 0 unspecified atom stereocenters. The third-order valence-corrected chi connectivity index (χ3v) is 4.93. The Hall–Kier alpha value is -1.46. The highest BCUT2D eigenvalue weighted by Crippen LogP contribution is 2.36. The van der Waals surface area contributed by atoms with Gasteiger partial charge in [-0.1, -0.05) is 18.2 Å². The van der Waals surface area contributed by atoms with Crippen molar-refractivity contribution in [2.75, 3.05) is 11.2 Å². The van der Waals surface area contributed by atoms with Crippen LogP contribution in [-0.4, -0.2) is 21.6 Å². The molecule has 1 N–H and O–H groups in total. The second kappa shape index (κ2) is 6.75. The molecule has 2 heterocycles. The smallest absolute Gasteiger partial charge is 0.225 e. The normalized spacial score (nSPS) is 13.2. The lowest BCUT2D eigenvalue weighted by molar-refractivity contribution is -0.116. The first-order chi connectivity index (χ1) is 10.7. The molecule has 0 atom stereocenters. The van der Waals surface area contributed by atoms with Crippen molar-refractivity contribution in [3.8, 4) is 5.69 Å². The summed E-state index contributed by atoms with van der Waals surface area (Å²) in [4.78, 5) is 12.1. The number of anilines is 1. The van der Waals surface area contributed by atoms with Gasteiger partial charge in [-0.15, -0.1) is 11.6 Å². The van der Waals surface area contributed by atoms with Crippen molar-refractivity contribution in [3.63, 3.8) is 0 Å². The number of para-hydroxylation sites is 1. The first-order valence-corrected chi connectivity index (χ1v) is 9.00. The highest BCUT2D eigenvalue weighted by Gasteiger charge is 2.24. The van der Waals surface area contributed by atoms with Crippen LogP contribution in [0.2, 0.25) is 0 Å². The Kier molecular flexibility index (Phi) is 4.74. The van der Waals surface area contributed by atoms with E-state index >= 15 is 0 Å². The van der Waals surface area contributed by atoms with Crippen LogP contribution in [-0.2, 0) is 16.3 Å². The molecule has 0 saturated carbocycles. The molecule has 1 aromatic heterocycles. The number of aromatic nitrogens is 2. The molecule has 116 valence electrons. The van der Waals surface area contributed by atoms with Crippen molar-refractivity contribution in [2.45, 2.75) is 31.3 Å². The first-order valence-electron chi connectivity index (χ1n) is 7.31. The van der Waals surface area contributed by atoms with Crippen molar-refractivity contribution < 1.29 is 4.79 Å². The van der Waals surface area contributed by atoms with Crippen molar-refractivity contribution in [2.24, 2.45) is 0 Å². The third kappa shape index (κ3) is 3.01. The van der Waals surface area contributed by atoms with Gasteiger partial charge in [-0.25, -0.2) is 4.68 Å². The maximum absolute atomic E-state index is 12.1. The molecule has 0 radical (unpaired) electrons. The van der Waals surface area contributed by atoms with E-state index in [0.29, 0.717) is 18.7 Å². The molecule has 1 aliphatic rings. The zero-order valence-corrected chi connectivity index (χ0v) is 14.0. The highest BCUT2D eigenvalue weighted by molar-refractivity contribution is 7.98. The lowest BCUT2D eigenvalue weighted by atomic mass is 10.2. The molecule has 0 fully saturated rings. The van der Waals surface area contributed by atoms with Crippen LogP contribution in [0.15, 0.2) is 24.3 Å². The molecule has 1 aromatic carbocycles. The summed E-state index contributed by atoms with van der Waals surface area (Å²) in [6.07, 6.45) is 1.12. The molecule has 6 heteroatoms. The quantitative estimate of drug-likeness (QED) is 0.843. The Morgan fingerprint density at radius 2 is 2.23 bits per heavy atom. The molecule has 1 aliphatic heterocycles. The minimum atomic E-state index is -0.00455. The molecule has 0 saturated heterocycles. The van der Waals surface area contributed by atoms with Gasteiger partial charge in [0.2, 0.25) is 5.91 Å². The SMILES string of the molecule is Cc1ccccc1-n1nc2c(c1NC(=O)CCCCl)CSC2. The number of nitrogens with one attached hydrogen (secondary N) is 1. The van der Waals surface area contributed by atoms with Crippen molar-refractivity contribution in [1.82, 2.24) is 9.78 Å². The highest BCUT2D eigenvalue weighted by atomic mass is 35.5. The van der Waals surface area contributed by atoms with Gasteiger partial charge >= 0.3 is 0 Å². The number of hydrogen-bond donors (Lipinski definition) is 1. The molecule has 0 aliphatic carbocycles. The van der Waals surface area contributed by atoms with Gasteiger partial charge in [0.05, 0.1) is 11.4 Å². The van der Waals surface area contributed by atoms with E-state index in [1.807, 2.05) is 34.6 Å². The van der Waals surface area contributed by atoms with Gasteiger partial charge in [-0.05, 0) is 25.0 Å². The first kappa shape index (κ1) is 15.4. The van der Waals surface area contributed by atoms with Crippen LogP contribution in [0.25, 0.3) is 5.69 Å². The number of carbonyl (C=O) groups is 1. The van der Waals surface area contributed by atoms with Gasteiger partial charge in [-0.3, -0.25) is 4.79 Å². The Morgan fingerprint density at radius 1 is 1.41 bits per heavy atom. The number of rotatable bonds is 5. The zero-order chi connectivity index (χ0) is 15.5. The van der Waals surface area contributed by atoms with Gasteiger partial charge in [0, 0.05) is 29.4 Å². The predicted octanol–water partition coefficient (Wildman–Crippen LogP) is 3.89. The summed E-state index contributed by atoms with van der Waals surface area (Å²) in [6, 6.07) is 8.07. The predicted molar refractivity (Wildman–Crippen MR) is 91.9 cm³/mol. The number of carbonyl (C=O) groups excluding carboxylic acids is 1. The van der Waals surface area contributed by atoms with E-state index in [2.05, 4.69) is 18.3 Å². The number of alkyl halides is 1. The van der Waals surface area contributed by atoms with Crippen LogP contribution in [0.5, 0.6) is 0 Å². The number of hydrogen-bond acceptors (Lipinski definition) is 3. The van der Waals surface area contributed by atoms with Gasteiger partial charge in [0.25, 0.3) is 0 Å². The van der Waals surface area contributed by atoms with E-state index in [9.17, 15) is 4.79 Å². The molecule has 0 bridgehead atoms. The Morgan fingerprint density at radius 3 is 3.00 bits per heavy atom. The van der Waals surface area contributed by atoms with Crippen LogP contribution in [0.3, 0.4) is 0 Å². The Balaban J connectivity index is 1.97. The molecule has 4 nitrogen and oxygen atoms in total. The summed E-state index contributed by atoms with van der Waals surface area (Å²) in [5, 5.41) is 7.75. The lowest BCUT2D eigenvalue weighted by Gasteiger charge is -2.12. The average Bonchev–Trinajstić information content (AvgIpc) is 3.08. The average molecular weight is 336 g/mol. The van der Waals surface area contributed by atoms with Crippen molar-refractivity contribution in [3.05, 3.63) is 41.1 Å². The van der Waals surface area contributed by atoms with Crippen LogP contribution < -0.4 is 5.32 Å². The van der Waals surface area contributed by atoms with Crippen molar-refractivity contribution in [1.29, 1.82) is 0 Å². The number of aryl methyl sites for hydroxylation is 1. The maximum Gasteiger partial charge on any atom is 0.225 e. The minimum Gasteiger partial charge on any atom is -0.310 e. The monoisotopic (exact) mass is 335 g/mol. The minimum absolute atomic E-state index is 0.00455. The van der Waals surface area contributed by atoms with E-state index in [1.54, 1.807) is 0 Å². The van der Waals surface area contributed by atoms with E-state index in [0.717, 1.165) is 39.8 Å². The molecule has 0 spiro atoms. The summed E-state index contributed by atoms with van der Waals surface area (Å²) in [5.74, 6) is 3.10. The fraction of sp³-hybridized carbons (Fsp3) is 0.375. The lowest BCUT2D eigenvalue weighted by Crippen LogP contribution is -2.16. The second-order valence-electron chi connectivity index (χ2n) is 5.31. The second-order valence-corrected chi connectivity index (χ2v) is 6.67. The number of nitrogens with zero attached hydrogens (tertiary/aromatic N) is 2. The number of benzene rings is 1. The summed E-state index contributed by atoms with van der Waals surface area (Å²) < 4.78 is 1.87. The maximum atomic E-state index is 12.1. The third-order valence-electron chi connectivity index (χ3n) is 3.69. The molecule has 1 amide bonds. The number of amides is 1. The largest absolute Gasteiger partial charge is 0.310 e. The summed E-state index contributed by atoms with van der Waals surface area (Å²) in [6.45, 7) is 2.05. The molecular formula is C16H18ClN3OS. The van der Waals surface area contributed by atoms with Gasteiger partial charge < -0.3 is 5.32 Å². The fourth-order valence-electron chi connectivity index (χ4n) is 2.54. The molecular weight excluding hydrogens is 318 g/mol. The molecule has 2 aromatic rings.